The van der Waals surface area contributed by atoms with Crippen LogP contribution in [-0.4, -0.2) is 29.9 Å². The van der Waals surface area contributed by atoms with Crippen LogP contribution in [0.2, 0.25) is 10.0 Å². The Bertz CT molecular complexity index is 737. The first-order valence-corrected chi connectivity index (χ1v) is 9.49. The van der Waals surface area contributed by atoms with Crippen molar-refractivity contribution in [1.82, 2.24) is 4.90 Å². The Morgan fingerprint density at radius 2 is 1.88 bits per heavy atom. The number of amides is 1. The van der Waals surface area contributed by atoms with Gasteiger partial charge in [0.25, 0.3) is 5.91 Å². The second-order valence-electron chi connectivity index (χ2n) is 5.84. The van der Waals surface area contributed by atoms with Crippen LogP contribution in [0.5, 0.6) is 0 Å². The summed E-state index contributed by atoms with van der Waals surface area (Å²) in [5.41, 5.74) is 7.65. The van der Waals surface area contributed by atoms with Crippen molar-refractivity contribution in [2.75, 3.05) is 13.1 Å². The van der Waals surface area contributed by atoms with Crippen molar-refractivity contribution in [3.8, 4) is 0 Å². The summed E-state index contributed by atoms with van der Waals surface area (Å²) in [7, 11) is 0. The predicted octanol–water partition coefficient (Wildman–Crippen LogP) is 4.88. The van der Waals surface area contributed by atoms with Gasteiger partial charge in [-0.3, -0.25) is 4.79 Å². The molecule has 7 heteroatoms. The quantitative estimate of drug-likeness (QED) is 0.721. The molecule has 2 aromatic carbocycles. The van der Waals surface area contributed by atoms with Crippen LogP contribution in [0.3, 0.4) is 0 Å². The van der Waals surface area contributed by atoms with Gasteiger partial charge in [-0.2, -0.15) is 0 Å². The monoisotopic (exact) mass is 416 g/mol. The number of benzene rings is 2. The SMILES string of the molecule is Cl.N[C@@H]1CCN(C(=O)c2cccc(CSc3c(Cl)cccc3Cl)c2)C1. The largest absolute Gasteiger partial charge is 0.337 e. The van der Waals surface area contributed by atoms with Gasteiger partial charge in [0, 0.05) is 35.3 Å². The highest BCUT2D eigenvalue weighted by molar-refractivity contribution is 7.98. The fourth-order valence-electron chi connectivity index (χ4n) is 2.72. The van der Waals surface area contributed by atoms with E-state index in [2.05, 4.69) is 0 Å². The molecule has 1 atom stereocenters. The summed E-state index contributed by atoms with van der Waals surface area (Å²) in [6, 6.07) is 13.3. The molecule has 0 aliphatic carbocycles. The van der Waals surface area contributed by atoms with Crippen LogP contribution in [0.25, 0.3) is 0 Å². The van der Waals surface area contributed by atoms with Crippen molar-refractivity contribution < 1.29 is 4.79 Å². The van der Waals surface area contributed by atoms with Crippen LogP contribution in [0, 0.1) is 0 Å². The maximum absolute atomic E-state index is 12.5. The maximum Gasteiger partial charge on any atom is 0.253 e. The topological polar surface area (TPSA) is 46.3 Å². The van der Waals surface area contributed by atoms with Gasteiger partial charge in [0.05, 0.1) is 10.0 Å². The van der Waals surface area contributed by atoms with E-state index < -0.39 is 0 Å². The van der Waals surface area contributed by atoms with Crippen LogP contribution < -0.4 is 5.73 Å². The molecule has 1 aliphatic heterocycles. The molecule has 3 rings (SSSR count). The van der Waals surface area contributed by atoms with Gasteiger partial charge in [-0.15, -0.1) is 24.2 Å². The summed E-state index contributed by atoms with van der Waals surface area (Å²) in [6.45, 7) is 1.36. The highest BCUT2D eigenvalue weighted by atomic mass is 35.5. The third-order valence-electron chi connectivity index (χ3n) is 3.99. The van der Waals surface area contributed by atoms with Gasteiger partial charge in [-0.1, -0.05) is 41.4 Å². The summed E-state index contributed by atoms with van der Waals surface area (Å²) >= 11 is 14.0. The molecule has 0 unspecified atom stereocenters. The zero-order valence-corrected chi connectivity index (χ0v) is 16.6. The van der Waals surface area contributed by atoms with Crippen molar-refractivity contribution in [2.45, 2.75) is 23.1 Å². The van der Waals surface area contributed by atoms with Gasteiger partial charge in [0.2, 0.25) is 0 Å². The molecule has 3 nitrogen and oxygen atoms in total. The minimum Gasteiger partial charge on any atom is -0.337 e. The first kappa shape index (κ1) is 20.4. The van der Waals surface area contributed by atoms with Crippen molar-refractivity contribution in [3.63, 3.8) is 0 Å². The van der Waals surface area contributed by atoms with Crippen molar-refractivity contribution in [2.24, 2.45) is 5.73 Å². The molecule has 2 aromatic rings. The average molecular weight is 418 g/mol. The smallest absolute Gasteiger partial charge is 0.253 e. The van der Waals surface area contributed by atoms with Gasteiger partial charge >= 0.3 is 0 Å². The van der Waals surface area contributed by atoms with E-state index >= 15 is 0 Å². The average Bonchev–Trinajstić information content (AvgIpc) is 3.00. The molecule has 1 aliphatic rings. The van der Waals surface area contributed by atoms with Crippen LogP contribution >= 0.6 is 47.4 Å². The van der Waals surface area contributed by atoms with Crippen LogP contribution in [-0.2, 0) is 5.75 Å². The van der Waals surface area contributed by atoms with Crippen molar-refractivity contribution >= 4 is 53.3 Å². The molecule has 134 valence electrons. The van der Waals surface area contributed by atoms with Gasteiger partial charge in [-0.05, 0) is 36.2 Å². The summed E-state index contributed by atoms with van der Waals surface area (Å²) in [4.78, 5) is 15.2. The van der Waals surface area contributed by atoms with E-state index in [0.29, 0.717) is 27.9 Å². The van der Waals surface area contributed by atoms with Crippen LogP contribution in [0.4, 0.5) is 0 Å². The molecule has 1 saturated heterocycles. The minimum atomic E-state index is 0. The zero-order valence-electron chi connectivity index (χ0n) is 13.5. The fraction of sp³-hybridized carbons (Fsp3) is 0.278. The number of carbonyl (C=O) groups excluding carboxylic acids is 1. The lowest BCUT2D eigenvalue weighted by molar-refractivity contribution is 0.0791. The normalized spacial score (nSPS) is 16.6. The molecular formula is C18H19Cl3N2OS. The van der Waals surface area contributed by atoms with E-state index in [4.69, 9.17) is 28.9 Å². The molecule has 0 saturated carbocycles. The first-order valence-electron chi connectivity index (χ1n) is 7.75. The first-order chi connectivity index (χ1) is 11.5. The molecule has 1 heterocycles. The third-order valence-corrected chi connectivity index (χ3v) is 6.05. The third kappa shape index (κ3) is 5.05. The lowest BCUT2D eigenvalue weighted by Gasteiger charge is -2.16. The Kier molecular flexibility index (Phi) is 7.47. The Morgan fingerprint density at radius 1 is 1.20 bits per heavy atom. The second kappa shape index (κ2) is 9.15. The summed E-state index contributed by atoms with van der Waals surface area (Å²) in [5, 5.41) is 1.29. The van der Waals surface area contributed by atoms with E-state index in [1.54, 1.807) is 11.8 Å². The number of halogens is 3. The number of hydrogen-bond donors (Lipinski definition) is 1. The molecule has 0 spiro atoms. The van der Waals surface area contributed by atoms with E-state index in [1.807, 2.05) is 47.4 Å². The fourth-order valence-corrected chi connectivity index (χ4v) is 4.35. The predicted molar refractivity (Wildman–Crippen MR) is 108 cm³/mol. The van der Waals surface area contributed by atoms with Crippen LogP contribution in [0.15, 0.2) is 47.4 Å². The van der Waals surface area contributed by atoms with Crippen molar-refractivity contribution in [3.05, 3.63) is 63.6 Å². The molecule has 25 heavy (non-hydrogen) atoms. The van der Waals surface area contributed by atoms with Gasteiger partial charge in [-0.25, -0.2) is 0 Å². The Labute approximate surface area is 168 Å². The molecule has 0 bridgehead atoms. The van der Waals surface area contributed by atoms with E-state index in [-0.39, 0.29) is 24.4 Å². The second-order valence-corrected chi connectivity index (χ2v) is 7.64. The zero-order chi connectivity index (χ0) is 17.1. The van der Waals surface area contributed by atoms with Gasteiger partial charge in [0.15, 0.2) is 0 Å². The molecular weight excluding hydrogens is 399 g/mol. The number of nitrogens with two attached hydrogens (primary N) is 1. The minimum absolute atomic E-state index is 0. The standard InChI is InChI=1S/C18H18Cl2N2OS.ClH/c19-15-5-2-6-16(20)17(15)24-11-12-3-1-4-13(9-12)18(23)22-8-7-14(21)10-22;/h1-6,9,14H,7-8,10-11,21H2;1H/t14-;/m1./s1. The number of hydrogen-bond acceptors (Lipinski definition) is 3. The number of rotatable bonds is 4. The number of thioether (sulfide) groups is 1. The lowest BCUT2D eigenvalue weighted by atomic mass is 10.1. The van der Waals surface area contributed by atoms with E-state index in [1.165, 1.54) is 0 Å². The molecule has 1 fully saturated rings. The van der Waals surface area contributed by atoms with Crippen molar-refractivity contribution in [1.29, 1.82) is 0 Å². The Morgan fingerprint density at radius 3 is 2.52 bits per heavy atom. The maximum atomic E-state index is 12.5. The lowest BCUT2D eigenvalue weighted by Crippen LogP contribution is -2.31. The molecule has 2 N–H and O–H groups in total. The molecule has 1 amide bonds. The number of nitrogens with zero attached hydrogens (tertiary/aromatic N) is 1. The highest BCUT2D eigenvalue weighted by Gasteiger charge is 2.24. The molecule has 0 radical (unpaired) electrons. The highest BCUT2D eigenvalue weighted by Crippen LogP contribution is 2.35. The van der Waals surface area contributed by atoms with Crippen LogP contribution in [0.1, 0.15) is 22.3 Å². The summed E-state index contributed by atoms with van der Waals surface area (Å²) < 4.78 is 0. The number of carbonyl (C=O) groups is 1. The summed E-state index contributed by atoms with van der Waals surface area (Å²) in [5.74, 6) is 0.745. The van der Waals surface area contributed by atoms with Gasteiger partial charge in [0.1, 0.15) is 0 Å². The Balaban J connectivity index is 0.00000225. The van der Waals surface area contributed by atoms with E-state index in [0.717, 1.165) is 23.4 Å². The summed E-state index contributed by atoms with van der Waals surface area (Å²) in [6.07, 6.45) is 0.867. The van der Waals surface area contributed by atoms with E-state index in [9.17, 15) is 4.79 Å². The molecule has 0 aromatic heterocycles. The number of likely N-dealkylation sites (tertiary alicyclic amines) is 1. The Hall–Kier alpha value is -0.910. The van der Waals surface area contributed by atoms with Gasteiger partial charge < -0.3 is 10.6 Å².